The number of rotatable bonds is 3. The zero-order valence-electron chi connectivity index (χ0n) is 16.1. The van der Waals surface area contributed by atoms with Crippen molar-refractivity contribution < 1.29 is 4.79 Å². The summed E-state index contributed by atoms with van der Waals surface area (Å²) in [5.74, 6) is -0.392. The summed E-state index contributed by atoms with van der Waals surface area (Å²) in [5.41, 5.74) is 4.49. The Morgan fingerprint density at radius 3 is 2.86 bits per heavy atom. The molecule has 1 atom stereocenters. The van der Waals surface area contributed by atoms with E-state index in [1.807, 2.05) is 48.7 Å². The molecule has 0 radical (unpaired) electrons. The predicted octanol–water partition coefficient (Wildman–Crippen LogP) is 4.80. The quantitative estimate of drug-likeness (QED) is 0.536. The molecule has 5 nitrogen and oxygen atoms in total. The Morgan fingerprint density at radius 1 is 1.24 bits per heavy atom. The van der Waals surface area contributed by atoms with Gasteiger partial charge in [0.2, 0.25) is 5.43 Å². The maximum atomic E-state index is 13.0. The number of thiazole rings is 1. The molecule has 6 heteroatoms. The SMILES string of the molecule is Cc1nc(-c2cccc(NC(=O)c3cn4c5c(cccc5c3=O)C[C@H]4C)c2)cs1. The molecule has 144 valence electrons. The molecule has 2 aromatic heterocycles. The molecule has 0 spiro atoms. The van der Waals surface area contributed by atoms with Crippen molar-refractivity contribution in [3.05, 3.63) is 80.4 Å². The Bertz CT molecular complexity index is 1340. The number of benzene rings is 2. The van der Waals surface area contributed by atoms with Crippen LogP contribution in [0.2, 0.25) is 0 Å². The van der Waals surface area contributed by atoms with Crippen LogP contribution >= 0.6 is 11.3 Å². The number of nitrogens with one attached hydrogen (secondary N) is 1. The molecule has 1 amide bonds. The van der Waals surface area contributed by atoms with Crippen molar-refractivity contribution in [2.45, 2.75) is 26.3 Å². The van der Waals surface area contributed by atoms with E-state index in [4.69, 9.17) is 0 Å². The lowest BCUT2D eigenvalue weighted by Crippen LogP contribution is -2.23. The third-order valence-electron chi connectivity index (χ3n) is 5.41. The lowest BCUT2D eigenvalue weighted by molar-refractivity contribution is 0.102. The minimum atomic E-state index is -0.392. The van der Waals surface area contributed by atoms with Gasteiger partial charge in [0.1, 0.15) is 5.56 Å². The molecule has 0 saturated heterocycles. The number of hydrogen-bond acceptors (Lipinski definition) is 4. The van der Waals surface area contributed by atoms with E-state index in [9.17, 15) is 9.59 Å². The summed E-state index contributed by atoms with van der Waals surface area (Å²) < 4.78 is 2.05. The first-order valence-electron chi connectivity index (χ1n) is 9.52. The van der Waals surface area contributed by atoms with Crippen molar-refractivity contribution in [3.63, 3.8) is 0 Å². The summed E-state index contributed by atoms with van der Waals surface area (Å²) in [5, 5.41) is 6.47. The third kappa shape index (κ3) is 2.96. The number of nitrogens with zero attached hydrogens (tertiary/aromatic N) is 2. The number of carbonyl (C=O) groups is 1. The molecular weight excluding hydrogens is 382 g/mol. The van der Waals surface area contributed by atoms with Crippen molar-refractivity contribution in [2.75, 3.05) is 5.32 Å². The van der Waals surface area contributed by atoms with Gasteiger partial charge in [0, 0.05) is 34.3 Å². The number of para-hydroxylation sites is 1. The highest BCUT2D eigenvalue weighted by atomic mass is 32.1. The Labute approximate surface area is 171 Å². The molecule has 29 heavy (non-hydrogen) atoms. The molecule has 1 N–H and O–H groups in total. The number of hydrogen-bond donors (Lipinski definition) is 1. The van der Waals surface area contributed by atoms with Gasteiger partial charge in [0.05, 0.1) is 16.2 Å². The van der Waals surface area contributed by atoms with E-state index >= 15 is 0 Å². The van der Waals surface area contributed by atoms with Crippen LogP contribution in [-0.4, -0.2) is 15.5 Å². The molecule has 5 rings (SSSR count). The lowest BCUT2D eigenvalue weighted by Gasteiger charge is -2.13. The summed E-state index contributed by atoms with van der Waals surface area (Å²) in [7, 11) is 0. The Kier molecular flexibility index (Phi) is 4.10. The van der Waals surface area contributed by atoms with E-state index in [0.717, 1.165) is 33.8 Å². The summed E-state index contributed by atoms with van der Waals surface area (Å²) in [6, 6.07) is 13.5. The molecule has 0 unspecified atom stereocenters. The third-order valence-corrected chi connectivity index (χ3v) is 6.18. The predicted molar refractivity (Wildman–Crippen MR) is 117 cm³/mol. The van der Waals surface area contributed by atoms with E-state index in [1.54, 1.807) is 23.6 Å². The van der Waals surface area contributed by atoms with Crippen LogP contribution in [0.4, 0.5) is 5.69 Å². The fourth-order valence-electron chi connectivity index (χ4n) is 4.03. The zero-order valence-corrected chi connectivity index (χ0v) is 16.9. The summed E-state index contributed by atoms with van der Waals surface area (Å²) >= 11 is 1.59. The van der Waals surface area contributed by atoms with Gasteiger partial charge in [-0.1, -0.05) is 24.3 Å². The van der Waals surface area contributed by atoms with E-state index < -0.39 is 5.91 Å². The Morgan fingerprint density at radius 2 is 2.07 bits per heavy atom. The normalized spacial score (nSPS) is 15.0. The maximum Gasteiger partial charge on any atom is 0.261 e. The number of pyridine rings is 1. The van der Waals surface area contributed by atoms with Gasteiger partial charge >= 0.3 is 0 Å². The van der Waals surface area contributed by atoms with Crippen LogP contribution in [0.3, 0.4) is 0 Å². The first-order chi connectivity index (χ1) is 14.0. The van der Waals surface area contributed by atoms with Crippen molar-refractivity contribution in [2.24, 2.45) is 0 Å². The standard InChI is InChI=1S/C23H19N3O2S/c1-13-9-16-6-4-8-18-21(16)26(13)11-19(22(18)27)23(28)25-17-7-3-5-15(10-17)20-12-29-14(2)24-20/h3-8,10-13H,9H2,1-2H3,(H,25,28)/t13-/m1/s1. The highest BCUT2D eigenvalue weighted by molar-refractivity contribution is 7.09. The number of carbonyl (C=O) groups excluding carboxylic acids is 1. The summed E-state index contributed by atoms with van der Waals surface area (Å²) in [6.45, 7) is 4.06. The zero-order chi connectivity index (χ0) is 20.1. The van der Waals surface area contributed by atoms with Crippen LogP contribution in [0.5, 0.6) is 0 Å². The van der Waals surface area contributed by atoms with Crippen LogP contribution in [0, 0.1) is 6.92 Å². The lowest BCUT2D eigenvalue weighted by atomic mass is 10.1. The molecule has 3 heterocycles. The second-order valence-electron chi connectivity index (χ2n) is 7.43. The van der Waals surface area contributed by atoms with Gasteiger partial charge in [-0.3, -0.25) is 9.59 Å². The average Bonchev–Trinajstić information content (AvgIpc) is 3.28. The van der Waals surface area contributed by atoms with Gasteiger partial charge in [-0.2, -0.15) is 0 Å². The van der Waals surface area contributed by atoms with Crippen molar-refractivity contribution in [1.29, 1.82) is 0 Å². The van der Waals surface area contributed by atoms with E-state index in [-0.39, 0.29) is 17.0 Å². The largest absolute Gasteiger partial charge is 0.343 e. The number of anilines is 1. The second kappa shape index (κ2) is 6.67. The van der Waals surface area contributed by atoms with Crippen LogP contribution in [0.15, 0.2) is 58.8 Å². The minimum absolute atomic E-state index is 0.165. The van der Waals surface area contributed by atoms with Gasteiger partial charge in [-0.25, -0.2) is 4.98 Å². The molecule has 0 fully saturated rings. The Balaban J connectivity index is 1.52. The molecule has 2 aromatic carbocycles. The smallest absolute Gasteiger partial charge is 0.261 e. The van der Waals surface area contributed by atoms with Gasteiger partial charge in [0.25, 0.3) is 5.91 Å². The van der Waals surface area contributed by atoms with E-state index in [0.29, 0.717) is 11.1 Å². The van der Waals surface area contributed by atoms with Crippen molar-refractivity contribution in [3.8, 4) is 11.3 Å². The molecule has 1 aliphatic heterocycles. The monoisotopic (exact) mass is 401 g/mol. The van der Waals surface area contributed by atoms with Crippen LogP contribution < -0.4 is 10.7 Å². The molecular formula is C23H19N3O2S. The number of aromatic nitrogens is 2. The maximum absolute atomic E-state index is 13.0. The minimum Gasteiger partial charge on any atom is -0.343 e. The Hall–Kier alpha value is -3.25. The van der Waals surface area contributed by atoms with Gasteiger partial charge in [0.15, 0.2) is 0 Å². The molecule has 0 bridgehead atoms. The highest BCUT2D eigenvalue weighted by Gasteiger charge is 2.24. The van der Waals surface area contributed by atoms with Crippen LogP contribution in [0.1, 0.15) is 33.9 Å². The molecule has 0 saturated carbocycles. The molecule has 4 aromatic rings. The van der Waals surface area contributed by atoms with Crippen molar-refractivity contribution in [1.82, 2.24) is 9.55 Å². The summed E-state index contributed by atoms with van der Waals surface area (Å²) in [6.07, 6.45) is 2.58. The van der Waals surface area contributed by atoms with Crippen molar-refractivity contribution >= 4 is 33.8 Å². The average molecular weight is 401 g/mol. The molecule has 0 aliphatic carbocycles. The highest BCUT2D eigenvalue weighted by Crippen LogP contribution is 2.31. The topological polar surface area (TPSA) is 64.0 Å². The first kappa shape index (κ1) is 17.8. The second-order valence-corrected chi connectivity index (χ2v) is 8.49. The fourth-order valence-corrected chi connectivity index (χ4v) is 4.65. The van der Waals surface area contributed by atoms with E-state index in [1.165, 1.54) is 0 Å². The van der Waals surface area contributed by atoms with Gasteiger partial charge in [-0.05, 0) is 44.0 Å². The number of aryl methyl sites for hydroxylation is 1. The summed E-state index contributed by atoms with van der Waals surface area (Å²) in [4.78, 5) is 30.5. The first-order valence-corrected chi connectivity index (χ1v) is 10.4. The van der Waals surface area contributed by atoms with Gasteiger partial charge < -0.3 is 9.88 Å². The fraction of sp³-hybridized carbons (Fsp3) is 0.174. The number of amides is 1. The van der Waals surface area contributed by atoms with E-state index in [2.05, 4.69) is 21.8 Å². The molecule has 1 aliphatic rings. The van der Waals surface area contributed by atoms with Gasteiger partial charge in [-0.15, -0.1) is 11.3 Å². The van der Waals surface area contributed by atoms with Crippen LogP contribution in [-0.2, 0) is 6.42 Å². The van der Waals surface area contributed by atoms with Crippen LogP contribution in [0.25, 0.3) is 22.2 Å².